The van der Waals surface area contributed by atoms with Gasteiger partial charge in [-0.05, 0) is 13.8 Å². The summed E-state index contributed by atoms with van der Waals surface area (Å²) in [5, 5.41) is 5.06. The summed E-state index contributed by atoms with van der Waals surface area (Å²) in [5.41, 5.74) is 0.927. The molecule has 90 valence electrons. The van der Waals surface area contributed by atoms with Crippen molar-refractivity contribution in [3.8, 4) is 0 Å². The predicted molar refractivity (Wildman–Crippen MR) is 59.7 cm³/mol. The lowest BCUT2D eigenvalue weighted by Gasteiger charge is -2.24. The summed E-state index contributed by atoms with van der Waals surface area (Å²) < 4.78 is 0. The van der Waals surface area contributed by atoms with Crippen molar-refractivity contribution in [1.29, 1.82) is 0 Å². The van der Waals surface area contributed by atoms with E-state index in [1.54, 1.807) is 19.9 Å². The molecule has 6 nitrogen and oxygen atoms in total. The minimum atomic E-state index is -0.838. The summed E-state index contributed by atoms with van der Waals surface area (Å²) in [6.45, 7) is 7.00. The molecule has 3 amide bonds. The third-order valence-corrected chi connectivity index (χ3v) is 2.99. The fourth-order valence-corrected chi connectivity index (χ4v) is 1.97. The molecule has 2 fully saturated rings. The second-order valence-electron chi connectivity index (χ2n) is 3.97. The molecule has 2 aliphatic heterocycles. The van der Waals surface area contributed by atoms with Gasteiger partial charge in [-0.25, -0.2) is 4.79 Å². The van der Waals surface area contributed by atoms with Gasteiger partial charge >= 0.3 is 6.03 Å². The second kappa shape index (κ2) is 3.73. The monoisotopic (exact) mass is 235 g/mol. The molecular formula is C11H13N3O3. The molecule has 2 unspecified atom stereocenters. The van der Waals surface area contributed by atoms with Gasteiger partial charge in [0.05, 0.1) is 0 Å². The molecule has 0 radical (unpaired) electrons. The number of carbonyl (C=O) groups excluding carboxylic acids is 3. The standard InChI is InChI=1S/C11H13N3O3/c1-4-7-5(2)8(15)9(12-7)14-6(3)10(16)13-11(14)17/h4,6,9,12H,2H2,1,3H3,(H,13,16,17). The number of urea groups is 1. The number of amides is 3. The van der Waals surface area contributed by atoms with E-state index in [1.165, 1.54) is 4.90 Å². The zero-order valence-corrected chi connectivity index (χ0v) is 9.61. The van der Waals surface area contributed by atoms with Gasteiger partial charge < -0.3 is 5.32 Å². The number of hydrogen-bond donors (Lipinski definition) is 2. The van der Waals surface area contributed by atoms with E-state index in [0.717, 1.165) is 0 Å². The molecule has 2 atom stereocenters. The average molecular weight is 235 g/mol. The van der Waals surface area contributed by atoms with E-state index in [4.69, 9.17) is 0 Å². The van der Waals surface area contributed by atoms with E-state index in [2.05, 4.69) is 17.2 Å². The van der Waals surface area contributed by atoms with E-state index in [1.807, 2.05) is 0 Å². The van der Waals surface area contributed by atoms with Crippen LogP contribution in [-0.2, 0) is 9.59 Å². The van der Waals surface area contributed by atoms with Crippen molar-refractivity contribution >= 4 is 17.7 Å². The quantitative estimate of drug-likeness (QED) is 0.491. The van der Waals surface area contributed by atoms with Gasteiger partial charge in [0.2, 0.25) is 5.78 Å². The molecule has 0 bridgehead atoms. The number of ketones is 1. The molecule has 17 heavy (non-hydrogen) atoms. The summed E-state index contributed by atoms with van der Waals surface area (Å²) in [6, 6.07) is -1.22. The Kier molecular flexibility index (Phi) is 2.49. The van der Waals surface area contributed by atoms with E-state index < -0.39 is 24.1 Å². The Morgan fingerprint density at radius 3 is 2.41 bits per heavy atom. The summed E-state index contributed by atoms with van der Waals surface area (Å²) in [7, 11) is 0. The van der Waals surface area contributed by atoms with Gasteiger partial charge in [-0.2, -0.15) is 0 Å². The third kappa shape index (κ3) is 1.52. The first kappa shape index (κ1) is 11.4. The van der Waals surface area contributed by atoms with Gasteiger partial charge in [0, 0.05) is 11.3 Å². The molecule has 0 aromatic rings. The molecule has 0 aromatic heterocycles. The molecular weight excluding hydrogens is 222 g/mol. The van der Waals surface area contributed by atoms with Crippen LogP contribution >= 0.6 is 0 Å². The van der Waals surface area contributed by atoms with Crippen molar-refractivity contribution in [2.45, 2.75) is 26.1 Å². The molecule has 2 saturated heterocycles. The van der Waals surface area contributed by atoms with Crippen molar-refractivity contribution in [2.24, 2.45) is 0 Å². The fourth-order valence-electron chi connectivity index (χ4n) is 1.97. The molecule has 0 aromatic carbocycles. The Labute approximate surface area is 98.3 Å². The molecule has 6 heteroatoms. The lowest BCUT2D eigenvalue weighted by atomic mass is 10.1. The van der Waals surface area contributed by atoms with Gasteiger partial charge in [-0.3, -0.25) is 19.8 Å². The van der Waals surface area contributed by atoms with Gasteiger partial charge in [0.1, 0.15) is 6.04 Å². The number of hydrogen-bond acceptors (Lipinski definition) is 4. The van der Waals surface area contributed by atoms with Crippen LogP contribution < -0.4 is 10.6 Å². The smallest absolute Gasteiger partial charge is 0.326 e. The zero-order chi connectivity index (χ0) is 12.7. The SMILES string of the molecule is C=C1C(=O)C(N2C(=O)NC(=O)C2C)NC1=CC. The lowest BCUT2D eigenvalue weighted by molar-refractivity contribution is -0.123. The summed E-state index contributed by atoms with van der Waals surface area (Å²) in [4.78, 5) is 36.0. The van der Waals surface area contributed by atoms with Crippen LogP contribution in [0.2, 0.25) is 0 Å². The van der Waals surface area contributed by atoms with Crippen LogP contribution in [0.25, 0.3) is 0 Å². The van der Waals surface area contributed by atoms with Gasteiger partial charge in [-0.1, -0.05) is 12.7 Å². The third-order valence-electron chi connectivity index (χ3n) is 2.99. The fraction of sp³-hybridized carbons (Fsp3) is 0.364. The molecule has 2 heterocycles. The summed E-state index contributed by atoms with van der Waals surface area (Å²) in [6.07, 6.45) is 0.871. The summed E-state index contributed by atoms with van der Waals surface area (Å²) >= 11 is 0. The Morgan fingerprint density at radius 1 is 1.35 bits per heavy atom. The van der Waals surface area contributed by atoms with Crippen LogP contribution in [-0.4, -0.2) is 34.8 Å². The van der Waals surface area contributed by atoms with Crippen molar-refractivity contribution in [2.75, 3.05) is 0 Å². The number of rotatable bonds is 1. The highest BCUT2D eigenvalue weighted by atomic mass is 16.2. The van der Waals surface area contributed by atoms with Gasteiger partial charge in [-0.15, -0.1) is 0 Å². The Morgan fingerprint density at radius 2 is 2.00 bits per heavy atom. The van der Waals surface area contributed by atoms with E-state index in [0.29, 0.717) is 11.3 Å². The highest BCUT2D eigenvalue weighted by molar-refractivity contribution is 6.11. The lowest BCUT2D eigenvalue weighted by Crippen LogP contribution is -2.50. The number of nitrogens with one attached hydrogen (secondary N) is 2. The molecule has 0 spiro atoms. The zero-order valence-electron chi connectivity index (χ0n) is 9.61. The average Bonchev–Trinajstić information content (AvgIpc) is 2.69. The molecule has 0 saturated carbocycles. The van der Waals surface area contributed by atoms with Gasteiger partial charge in [0.15, 0.2) is 6.17 Å². The highest BCUT2D eigenvalue weighted by Gasteiger charge is 2.46. The number of allylic oxidation sites excluding steroid dienone is 2. The van der Waals surface area contributed by atoms with Gasteiger partial charge in [0.25, 0.3) is 5.91 Å². The van der Waals surface area contributed by atoms with Crippen LogP contribution in [0, 0.1) is 0 Å². The first-order valence-electron chi connectivity index (χ1n) is 5.27. The van der Waals surface area contributed by atoms with E-state index in [9.17, 15) is 14.4 Å². The first-order chi connectivity index (χ1) is 7.97. The van der Waals surface area contributed by atoms with E-state index in [-0.39, 0.29) is 5.78 Å². The Balaban J connectivity index is 2.31. The van der Waals surface area contributed by atoms with Crippen LogP contribution in [0.3, 0.4) is 0 Å². The van der Waals surface area contributed by atoms with Crippen molar-refractivity contribution in [3.63, 3.8) is 0 Å². The van der Waals surface area contributed by atoms with Crippen molar-refractivity contribution in [1.82, 2.24) is 15.5 Å². The van der Waals surface area contributed by atoms with Crippen molar-refractivity contribution in [3.05, 3.63) is 23.9 Å². The summed E-state index contributed by atoms with van der Waals surface area (Å²) in [5.74, 6) is -0.682. The normalized spacial score (nSPS) is 31.2. The molecule has 2 rings (SSSR count). The molecule has 2 N–H and O–H groups in total. The number of carbonyl (C=O) groups is 3. The highest BCUT2D eigenvalue weighted by Crippen LogP contribution is 2.23. The maximum atomic E-state index is 11.9. The number of nitrogens with zero attached hydrogens (tertiary/aromatic N) is 1. The van der Waals surface area contributed by atoms with Crippen LogP contribution in [0.5, 0.6) is 0 Å². The predicted octanol–water partition coefficient (Wildman–Crippen LogP) is -0.115. The second-order valence-corrected chi connectivity index (χ2v) is 3.97. The largest absolute Gasteiger partial charge is 0.358 e. The minimum Gasteiger partial charge on any atom is -0.358 e. The number of imide groups is 1. The maximum Gasteiger partial charge on any atom is 0.326 e. The Hall–Kier alpha value is -2.11. The van der Waals surface area contributed by atoms with Crippen LogP contribution in [0.15, 0.2) is 23.9 Å². The maximum absolute atomic E-state index is 11.9. The van der Waals surface area contributed by atoms with Crippen LogP contribution in [0.4, 0.5) is 4.79 Å². The Bertz CT molecular complexity index is 467. The first-order valence-corrected chi connectivity index (χ1v) is 5.27. The van der Waals surface area contributed by atoms with E-state index >= 15 is 0 Å². The topological polar surface area (TPSA) is 78.5 Å². The molecule has 0 aliphatic carbocycles. The number of Topliss-reactive ketones (excluding diaryl/α,β-unsaturated/α-hetero) is 1. The van der Waals surface area contributed by atoms with Crippen LogP contribution in [0.1, 0.15) is 13.8 Å². The van der Waals surface area contributed by atoms with Crippen molar-refractivity contribution < 1.29 is 14.4 Å². The molecule has 2 aliphatic rings. The minimum absolute atomic E-state index is 0.283.